The van der Waals surface area contributed by atoms with E-state index in [-0.39, 0.29) is 6.54 Å². The van der Waals surface area contributed by atoms with Crippen LogP contribution in [0.2, 0.25) is 0 Å². The van der Waals surface area contributed by atoms with Gasteiger partial charge in [-0.2, -0.15) is 0 Å². The van der Waals surface area contributed by atoms with Crippen molar-refractivity contribution in [1.82, 2.24) is 4.90 Å². The molecule has 2 rings (SSSR count). The number of halogens is 2. The van der Waals surface area contributed by atoms with Crippen molar-refractivity contribution in [3.05, 3.63) is 0 Å². The summed E-state index contributed by atoms with van der Waals surface area (Å²) in [7, 11) is 0. The van der Waals surface area contributed by atoms with E-state index in [1.165, 1.54) is 12.8 Å². The first-order valence-corrected chi connectivity index (χ1v) is 4.60. The average Bonchev–Trinajstić information content (AvgIpc) is 1.78. The topological polar surface area (TPSA) is 3.24 Å². The molecule has 0 atom stereocenters. The van der Waals surface area contributed by atoms with Gasteiger partial charge in [0.2, 0.25) is 0 Å². The third-order valence-electron chi connectivity index (χ3n) is 3.08. The van der Waals surface area contributed by atoms with E-state index < -0.39 is 6.43 Å². The minimum Gasteiger partial charge on any atom is -0.297 e. The summed E-state index contributed by atoms with van der Waals surface area (Å²) in [6.45, 7) is 4.06. The second-order valence-corrected chi connectivity index (χ2v) is 4.57. The third-order valence-corrected chi connectivity index (χ3v) is 3.08. The Bertz CT molecular complexity index is 167. The Labute approximate surface area is 71.7 Å². The zero-order chi connectivity index (χ0) is 8.77. The van der Waals surface area contributed by atoms with Gasteiger partial charge in [-0.25, -0.2) is 8.78 Å². The van der Waals surface area contributed by atoms with E-state index in [0.717, 1.165) is 19.0 Å². The first-order valence-electron chi connectivity index (χ1n) is 4.60. The SMILES string of the molecule is CC1CC2(C1)CN(CC(F)F)C2. The quantitative estimate of drug-likeness (QED) is 0.620. The van der Waals surface area contributed by atoms with Crippen LogP contribution in [0.25, 0.3) is 0 Å². The third kappa shape index (κ3) is 1.35. The van der Waals surface area contributed by atoms with Crippen LogP contribution in [-0.2, 0) is 0 Å². The molecular formula is C9H15F2N. The van der Waals surface area contributed by atoms with Crippen molar-refractivity contribution in [1.29, 1.82) is 0 Å². The molecule has 0 bridgehead atoms. The highest BCUT2D eigenvalue weighted by Crippen LogP contribution is 2.51. The standard InChI is InChI=1S/C9H15F2N/c1-7-2-9(3-7)5-12(6-9)4-8(10)11/h7-8H,2-6H2,1H3. The van der Waals surface area contributed by atoms with Gasteiger partial charge in [-0.3, -0.25) is 4.90 Å². The molecule has 1 saturated carbocycles. The van der Waals surface area contributed by atoms with Crippen molar-refractivity contribution in [2.45, 2.75) is 26.2 Å². The van der Waals surface area contributed by atoms with Gasteiger partial charge in [0.25, 0.3) is 6.43 Å². The molecule has 70 valence electrons. The Morgan fingerprint density at radius 2 is 2.00 bits per heavy atom. The summed E-state index contributed by atoms with van der Waals surface area (Å²) >= 11 is 0. The lowest BCUT2D eigenvalue weighted by Gasteiger charge is -2.58. The molecule has 0 radical (unpaired) electrons. The predicted octanol–water partition coefficient (Wildman–Crippen LogP) is 1.98. The fourth-order valence-corrected chi connectivity index (χ4v) is 2.90. The predicted molar refractivity (Wildman–Crippen MR) is 43.3 cm³/mol. The van der Waals surface area contributed by atoms with Gasteiger partial charge in [0.1, 0.15) is 0 Å². The zero-order valence-electron chi connectivity index (χ0n) is 7.39. The Morgan fingerprint density at radius 3 is 2.42 bits per heavy atom. The minimum atomic E-state index is -2.15. The maximum Gasteiger partial charge on any atom is 0.251 e. The molecule has 3 heteroatoms. The summed E-state index contributed by atoms with van der Waals surface area (Å²) in [5.41, 5.74) is 0.467. The van der Waals surface area contributed by atoms with E-state index in [4.69, 9.17) is 0 Å². The Morgan fingerprint density at radius 1 is 1.42 bits per heavy atom. The highest BCUT2D eigenvalue weighted by atomic mass is 19.3. The number of nitrogens with zero attached hydrogens (tertiary/aromatic N) is 1. The van der Waals surface area contributed by atoms with E-state index in [9.17, 15) is 8.78 Å². The number of likely N-dealkylation sites (tertiary alicyclic amines) is 1. The monoisotopic (exact) mass is 175 g/mol. The molecule has 1 nitrogen and oxygen atoms in total. The van der Waals surface area contributed by atoms with Gasteiger partial charge >= 0.3 is 0 Å². The van der Waals surface area contributed by atoms with Gasteiger partial charge in [0.05, 0.1) is 6.54 Å². The number of hydrogen-bond acceptors (Lipinski definition) is 1. The lowest BCUT2D eigenvalue weighted by molar-refractivity contribution is -0.105. The van der Waals surface area contributed by atoms with E-state index in [0.29, 0.717) is 5.41 Å². The number of hydrogen-bond donors (Lipinski definition) is 0. The molecular weight excluding hydrogens is 160 g/mol. The van der Waals surface area contributed by atoms with Crippen LogP contribution in [0.1, 0.15) is 19.8 Å². The summed E-state index contributed by atoms with van der Waals surface area (Å²) in [6, 6.07) is 0. The van der Waals surface area contributed by atoms with Crippen molar-refractivity contribution in [3.63, 3.8) is 0 Å². The average molecular weight is 175 g/mol. The highest BCUT2D eigenvalue weighted by molar-refractivity contribution is 5.02. The normalized spacial score (nSPS) is 29.0. The second kappa shape index (κ2) is 2.66. The molecule has 0 aromatic heterocycles. The molecule has 1 aliphatic carbocycles. The molecule has 0 aromatic rings. The van der Waals surface area contributed by atoms with Crippen LogP contribution in [0.3, 0.4) is 0 Å². The first-order chi connectivity index (χ1) is 5.60. The van der Waals surface area contributed by atoms with Crippen molar-refractivity contribution in [2.24, 2.45) is 11.3 Å². The molecule has 12 heavy (non-hydrogen) atoms. The number of alkyl halides is 2. The fraction of sp³-hybridized carbons (Fsp3) is 1.00. The van der Waals surface area contributed by atoms with Crippen molar-refractivity contribution >= 4 is 0 Å². The van der Waals surface area contributed by atoms with Gasteiger partial charge in [-0.05, 0) is 24.2 Å². The molecule has 2 aliphatic rings. The Balaban J connectivity index is 1.70. The lowest BCUT2D eigenvalue weighted by Crippen LogP contribution is -2.62. The second-order valence-electron chi connectivity index (χ2n) is 4.57. The Hall–Kier alpha value is -0.180. The van der Waals surface area contributed by atoms with E-state index in [1.54, 1.807) is 0 Å². The van der Waals surface area contributed by atoms with Crippen LogP contribution in [0, 0.1) is 11.3 Å². The molecule has 2 fully saturated rings. The van der Waals surface area contributed by atoms with Gasteiger partial charge in [0.15, 0.2) is 0 Å². The van der Waals surface area contributed by atoms with Crippen LogP contribution >= 0.6 is 0 Å². The smallest absolute Gasteiger partial charge is 0.251 e. The van der Waals surface area contributed by atoms with Crippen LogP contribution in [0.5, 0.6) is 0 Å². The molecule has 1 spiro atoms. The van der Waals surface area contributed by atoms with Crippen LogP contribution in [0.15, 0.2) is 0 Å². The first kappa shape index (κ1) is 8.42. The van der Waals surface area contributed by atoms with Crippen LogP contribution in [0.4, 0.5) is 8.78 Å². The van der Waals surface area contributed by atoms with Crippen LogP contribution in [-0.4, -0.2) is 31.0 Å². The number of rotatable bonds is 2. The molecule has 0 aromatic carbocycles. The van der Waals surface area contributed by atoms with Crippen molar-refractivity contribution in [2.75, 3.05) is 19.6 Å². The molecule has 1 saturated heterocycles. The van der Waals surface area contributed by atoms with E-state index >= 15 is 0 Å². The van der Waals surface area contributed by atoms with E-state index in [2.05, 4.69) is 6.92 Å². The van der Waals surface area contributed by atoms with Gasteiger partial charge in [0, 0.05) is 13.1 Å². The zero-order valence-corrected chi connectivity index (χ0v) is 7.39. The minimum absolute atomic E-state index is 0.0177. The summed E-state index contributed by atoms with van der Waals surface area (Å²) in [5, 5.41) is 0. The molecule has 0 unspecified atom stereocenters. The van der Waals surface area contributed by atoms with Gasteiger partial charge < -0.3 is 0 Å². The molecule has 1 heterocycles. The van der Waals surface area contributed by atoms with E-state index in [1.807, 2.05) is 4.90 Å². The fourth-order valence-electron chi connectivity index (χ4n) is 2.90. The molecule has 0 N–H and O–H groups in total. The largest absolute Gasteiger partial charge is 0.297 e. The van der Waals surface area contributed by atoms with Crippen LogP contribution < -0.4 is 0 Å². The Kier molecular flexibility index (Phi) is 1.86. The molecule has 1 aliphatic heterocycles. The van der Waals surface area contributed by atoms with Crippen molar-refractivity contribution < 1.29 is 8.78 Å². The maximum atomic E-state index is 11.9. The summed E-state index contributed by atoms with van der Waals surface area (Å²) in [5.74, 6) is 0.832. The highest BCUT2D eigenvalue weighted by Gasteiger charge is 2.50. The summed E-state index contributed by atoms with van der Waals surface area (Å²) in [4.78, 5) is 1.87. The molecule has 0 amide bonds. The van der Waals surface area contributed by atoms with Crippen molar-refractivity contribution in [3.8, 4) is 0 Å². The maximum absolute atomic E-state index is 11.9. The summed E-state index contributed by atoms with van der Waals surface area (Å²) in [6.07, 6.45) is 0.360. The lowest BCUT2D eigenvalue weighted by atomic mass is 9.58. The van der Waals surface area contributed by atoms with Gasteiger partial charge in [-0.1, -0.05) is 6.92 Å². The summed E-state index contributed by atoms with van der Waals surface area (Å²) < 4.78 is 23.8. The van der Waals surface area contributed by atoms with Gasteiger partial charge in [-0.15, -0.1) is 0 Å².